The van der Waals surface area contributed by atoms with Gasteiger partial charge in [0.25, 0.3) is 0 Å². The second kappa shape index (κ2) is 5.71. The van der Waals surface area contributed by atoms with Gasteiger partial charge in [0.1, 0.15) is 0 Å². The first-order valence-electron chi connectivity index (χ1n) is 6.21. The highest BCUT2D eigenvalue weighted by molar-refractivity contribution is 6.31. The van der Waals surface area contributed by atoms with Gasteiger partial charge in [0.05, 0.1) is 11.6 Å². The molecular weight excluding hydrogens is 246 g/mol. The van der Waals surface area contributed by atoms with Crippen LogP contribution in [-0.2, 0) is 6.54 Å². The fourth-order valence-electron chi connectivity index (χ4n) is 2.38. The molecule has 1 atom stereocenters. The van der Waals surface area contributed by atoms with Gasteiger partial charge in [-0.15, -0.1) is 0 Å². The summed E-state index contributed by atoms with van der Waals surface area (Å²) in [4.78, 5) is 4.79. The van der Waals surface area contributed by atoms with E-state index in [1.54, 1.807) is 6.07 Å². The quantitative estimate of drug-likeness (QED) is 0.821. The van der Waals surface area contributed by atoms with Crippen LogP contribution >= 0.6 is 11.6 Å². The summed E-state index contributed by atoms with van der Waals surface area (Å²) in [5, 5.41) is 9.52. The monoisotopic (exact) mass is 263 g/mol. The summed E-state index contributed by atoms with van der Waals surface area (Å²) >= 11 is 6.22. The molecule has 1 aliphatic heterocycles. The minimum atomic E-state index is 0.537. The number of piperazine rings is 1. The van der Waals surface area contributed by atoms with Crippen molar-refractivity contribution in [2.45, 2.75) is 19.5 Å². The Hall–Kier alpha value is -1.08. The third-order valence-electron chi connectivity index (χ3n) is 3.52. The van der Waals surface area contributed by atoms with Crippen LogP contribution in [0, 0.1) is 11.3 Å². The number of benzene rings is 1. The minimum absolute atomic E-state index is 0.537. The van der Waals surface area contributed by atoms with Crippen LogP contribution in [-0.4, -0.2) is 42.5 Å². The number of nitriles is 1. The van der Waals surface area contributed by atoms with Gasteiger partial charge >= 0.3 is 0 Å². The minimum Gasteiger partial charge on any atom is -0.304 e. The number of halogens is 1. The molecule has 1 saturated heterocycles. The first-order chi connectivity index (χ1) is 8.60. The van der Waals surface area contributed by atoms with Crippen LogP contribution in [0.1, 0.15) is 18.1 Å². The van der Waals surface area contributed by atoms with Crippen molar-refractivity contribution in [3.8, 4) is 6.07 Å². The number of nitrogens with zero attached hydrogens (tertiary/aromatic N) is 3. The Morgan fingerprint density at radius 3 is 2.83 bits per heavy atom. The molecule has 1 aromatic carbocycles. The highest BCUT2D eigenvalue weighted by atomic mass is 35.5. The van der Waals surface area contributed by atoms with Gasteiger partial charge in [-0.2, -0.15) is 5.26 Å². The smallest absolute Gasteiger partial charge is 0.0992 e. The zero-order valence-electron chi connectivity index (χ0n) is 10.9. The van der Waals surface area contributed by atoms with Crippen LogP contribution in [0.2, 0.25) is 5.02 Å². The maximum atomic E-state index is 8.82. The van der Waals surface area contributed by atoms with Gasteiger partial charge in [-0.05, 0) is 31.7 Å². The Kier molecular flexibility index (Phi) is 4.23. The fourth-order valence-corrected chi connectivity index (χ4v) is 2.62. The molecule has 0 bridgehead atoms. The molecule has 1 aliphatic rings. The highest BCUT2D eigenvalue weighted by Gasteiger charge is 2.21. The van der Waals surface area contributed by atoms with E-state index in [1.165, 1.54) is 0 Å². The number of likely N-dealkylation sites (N-methyl/N-ethyl adjacent to an activating group) is 1. The standard InChI is InChI=1S/C14H18ClN3/c1-11-9-17(2)5-6-18(11)10-13-4-3-12(8-16)7-14(13)15/h3-4,7,11H,5-6,9-10H2,1-2H3. The molecule has 96 valence electrons. The van der Waals surface area contributed by atoms with Gasteiger partial charge in [0.15, 0.2) is 0 Å². The first kappa shape index (κ1) is 13.4. The van der Waals surface area contributed by atoms with Crippen LogP contribution in [0.4, 0.5) is 0 Å². The summed E-state index contributed by atoms with van der Waals surface area (Å²) in [5.74, 6) is 0. The molecule has 0 saturated carbocycles. The second-order valence-corrected chi connectivity index (χ2v) is 5.41. The second-order valence-electron chi connectivity index (χ2n) is 5.00. The lowest BCUT2D eigenvalue weighted by molar-refractivity contribution is 0.0938. The van der Waals surface area contributed by atoms with Crippen LogP contribution in [0.3, 0.4) is 0 Å². The summed E-state index contributed by atoms with van der Waals surface area (Å²) in [7, 11) is 2.16. The molecule has 2 rings (SSSR count). The van der Waals surface area contributed by atoms with E-state index < -0.39 is 0 Å². The van der Waals surface area contributed by atoms with Gasteiger partial charge in [-0.25, -0.2) is 0 Å². The average molecular weight is 264 g/mol. The van der Waals surface area contributed by atoms with E-state index in [1.807, 2.05) is 12.1 Å². The average Bonchev–Trinajstić information content (AvgIpc) is 2.34. The SMILES string of the molecule is CC1CN(C)CCN1Cc1ccc(C#N)cc1Cl. The van der Waals surface area contributed by atoms with Crippen LogP contribution < -0.4 is 0 Å². The maximum Gasteiger partial charge on any atom is 0.0992 e. The molecule has 0 radical (unpaired) electrons. The van der Waals surface area contributed by atoms with Crippen molar-refractivity contribution in [3.05, 3.63) is 34.3 Å². The predicted molar refractivity (Wildman–Crippen MR) is 73.5 cm³/mol. The molecule has 0 aliphatic carbocycles. The van der Waals surface area contributed by atoms with E-state index in [2.05, 4.69) is 29.8 Å². The lowest BCUT2D eigenvalue weighted by atomic mass is 10.1. The largest absolute Gasteiger partial charge is 0.304 e. The summed E-state index contributed by atoms with van der Waals surface area (Å²) in [6, 6.07) is 8.19. The van der Waals surface area contributed by atoms with Gasteiger partial charge in [0.2, 0.25) is 0 Å². The summed E-state index contributed by atoms with van der Waals surface area (Å²) in [6.45, 7) is 6.35. The lowest BCUT2D eigenvalue weighted by Crippen LogP contribution is -2.49. The zero-order chi connectivity index (χ0) is 13.1. The predicted octanol–water partition coefficient (Wildman–Crippen LogP) is 2.35. The van der Waals surface area contributed by atoms with Crippen molar-refractivity contribution in [2.75, 3.05) is 26.7 Å². The van der Waals surface area contributed by atoms with E-state index in [4.69, 9.17) is 16.9 Å². The van der Waals surface area contributed by atoms with Crippen LogP contribution in [0.5, 0.6) is 0 Å². The van der Waals surface area contributed by atoms with E-state index in [0.717, 1.165) is 31.7 Å². The molecule has 4 heteroatoms. The van der Waals surface area contributed by atoms with Gasteiger partial charge in [-0.3, -0.25) is 4.90 Å². The lowest BCUT2D eigenvalue weighted by Gasteiger charge is -2.38. The van der Waals surface area contributed by atoms with Crippen molar-refractivity contribution >= 4 is 11.6 Å². The summed E-state index contributed by atoms with van der Waals surface area (Å²) in [6.07, 6.45) is 0. The van der Waals surface area contributed by atoms with Gasteiger partial charge < -0.3 is 4.90 Å². The van der Waals surface area contributed by atoms with Crippen molar-refractivity contribution in [1.29, 1.82) is 5.26 Å². The molecule has 1 unspecified atom stereocenters. The number of rotatable bonds is 2. The Morgan fingerprint density at radius 2 is 2.22 bits per heavy atom. The van der Waals surface area contributed by atoms with E-state index in [0.29, 0.717) is 16.6 Å². The molecule has 0 amide bonds. The van der Waals surface area contributed by atoms with Crippen LogP contribution in [0.15, 0.2) is 18.2 Å². The molecule has 18 heavy (non-hydrogen) atoms. The Morgan fingerprint density at radius 1 is 1.44 bits per heavy atom. The number of hydrogen-bond acceptors (Lipinski definition) is 3. The third-order valence-corrected chi connectivity index (χ3v) is 3.88. The van der Waals surface area contributed by atoms with Crippen molar-refractivity contribution in [3.63, 3.8) is 0 Å². The fraction of sp³-hybridized carbons (Fsp3) is 0.500. The molecule has 1 fully saturated rings. The summed E-state index contributed by atoms with van der Waals surface area (Å²) in [5.41, 5.74) is 1.72. The molecular formula is C14H18ClN3. The van der Waals surface area contributed by atoms with Gasteiger partial charge in [0, 0.05) is 37.2 Å². The molecule has 1 heterocycles. The topological polar surface area (TPSA) is 30.3 Å². The molecule has 0 spiro atoms. The van der Waals surface area contributed by atoms with Gasteiger partial charge in [-0.1, -0.05) is 17.7 Å². The molecule has 1 aromatic rings. The third kappa shape index (κ3) is 3.02. The highest BCUT2D eigenvalue weighted by Crippen LogP contribution is 2.21. The Bertz CT molecular complexity index is 467. The molecule has 3 nitrogen and oxygen atoms in total. The zero-order valence-corrected chi connectivity index (χ0v) is 11.6. The Labute approximate surface area is 114 Å². The van der Waals surface area contributed by atoms with E-state index in [9.17, 15) is 0 Å². The maximum absolute atomic E-state index is 8.82. The van der Waals surface area contributed by atoms with E-state index >= 15 is 0 Å². The van der Waals surface area contributed by atoms with Crippen molar-refractivity contribution in [1.82, 2.24) is 9.80 Å². The van der Waals surface area contributed by atoms with Crippen molar-refractivity contribution < 1.29 is 0 Å². The Balaban J connectivity index is 2.08. The molecule has 0 N–H and O–H groups in total. The number of hydrogen-bond donors (Lipinski definition) is 0. The van der Waals surface area contributed by atoms with Crippen molar-refractivity contribution in [2.24, 2.45) is 0 Å². The van der Waals surface area contributed by atoms with E-state index in [-0.39, 0.29) is 0 Å². The normalized spacial score (nSPS) is 21.8. The first-order valence-corrected chi connectivity index (χ1v) is 6.59. The molecule has 0 aromatic heterocycles. The van der Waals surface area contributed by atoms with Crippen LogP contribution in [0.25, 0.3) is 0 Å². The summed E-state index contributed by atoms with van der Waals surface area (Å²) < 4.78 is 0.